The molecule has 0 amide bonds. The van der Waals surface area contributed by atoms with Crippen LogP contribution in [0, 0.1) is 0 Å². The van der Waals surface area contributed by atoms with Crippen molar-refractivity contribution in [2.45, 2.75) is 26.2 Å². The third-order valence-corrected chi connectivity index (χ3v) is 3.29. The van der Waals surface area contributed by atoms with Crippen LogP contribution in [0.3, 0.4) is 0 Å². The quantitative estimate of drug-likeness (QED) is 0.474. The van der Waals surface area contributed by atoms with Crippen molar-refractivity contribution in [2.75, 3.05) is 0 Å². The van der Waals surface area contributed by atoms with E-state index in [2.05, 4.69) is 6.58 Å². The lowest BCUT2D eigenvalue weighted by Gasteiger charge is -2.13. The summed E-state index contributed by atoms with van der Waals surface area (Å²) in [5.74, 6) is 0.188. The number of aryl methyl sites for hydroxylation is 1. The molecule has 0 aliphatic heterocycles. The van der Waals surface area contributed by atoms with Gasteiger partial charge in [0.25, 0.3) is 0 Å². The van der Waals surface area contributed by atoms with E-state index in [9.17, 15) is 9.59 Å². The van der Waals surface area contributed by atoms with Crippen LogP contribution in [0.25, 0.3) is 0 Å². The predicted molar refractivity (Wildman–Crippen MR) is 83.1 cm³/mol. The molecule has 1 aromatic rings. The van der Waals surface area contributed by atoms with Crippen molar-refractivity contribution < 1.29 is 19.1 Å². The lowest BCUT2D eigenvalue weighted by atomic mass is 10.0. The minimum atomic E-state index is -0.498. The summed E-state index contributed by atoms with van der Waals surface area (Å²) >= 11 is 0. The molecule has 1 aliphatic rings. The number of allylic oxidation sites excluding steroid dienone is 3. The summed E-state index contributed by atoms with van der Waals surface area (Å²) in [6.45, 7) is 5.38. The maximum atomic E-state index is 12.1. The average molecular weight is 298 g/mol. The summed E-state index contributed by atoms with van der Waals surface area (Å²) in [7, 11) is 0. The fourth-order valence-electron chi connectivity index (χ4n) is 2.05. The molecule has 4 heteroatoms. The lowest BCUT2D eigenvalue weighted by molar-refractivity contribution is -0.134. The van der Waals surface area contributed by atoms with Crippen LogP contribution in [-0.4, -0.2) is 11.9 Å². The molecule has 0 N–H and O–H groups in total. The number of ether oxygens (including phenoxy) is 2. The van der Waals surface area contributed by atoms with Crippen molar-refractivity contribution >= 4 is 11.9 Å². The molecule has 0 unspecified atom stereocenters. The molecule has 0 atom stereocenters. The highest BCUT2D eigenvalue weighted by Crippen LogP contribution is 2.22. The summed E-state index contributed by atoms with van der Waals surface area (Å²) < 4.78 is 10.4. The SMILES string of the molecule is C=CC(=O)OC1=CC=C(C(=O)Oc2cccc(CC)c2)CC1. The molecule has 22 heavy (non-hydrogen) atoms. The van der Waals surface area contributed by atoms with Crippen LogP contribution in [0.15, 0.2) is 60.4 Å². The van der Waals surface area contributed by atoms with E-state index in [0.717, 1.165) is 18.1 Å². The van der Waals surface area contributed by atoms with Crippen molar-refractivity contribution in [1.82, 2.24) is 0 Å². The molecule has 0 saturated carbocycles. The van der Waals surface area contributed by atoms with Gasteiger partial charge in [-0.25, -0.2) is 9.59 Å². The lowest BCUT2D eigenvalue weighted by Crippen LogP contribution is -2.14. The maximum Gasteiger partial charge on any atom is 0.339 e. The second kappa shape index (κ2) is 7.41. The van der Waals surface area contributed by atoms with E-state index >= 15 is 0 Å². The molecule has 1 aromatic carbocycles. The van der Waals surface area contributed by atoms with Crippen LogP contribution < -0.4 is 4.74 Å². The number of esters is 2. The van der Waals surface area contributed by atoms with Gasteiger partial charge in [-0.15, -0.1) is 0 Å². The normalized spacial score (nSPS) is 13.7. The van der Waals surface area contributed by atoms with Crippen molar-refractivity contribution in [2.24, 2.45) is 0 Å². The molecule has 0 spiro atoms. The third-order valence-electron chi connectivity index (χ3n) is 3.29. The first-order chi connectivity index (χ1) is 10.6. The molecule has 0 fully saturated rings. The average Bonchev–Trinajstić information content (AvgIpc) is 2.55. The van der Waals surface area contributed by atoms with Crippen LogP contribution in [0.5, 0.6) is 5.75 Å². The fraction of sp³-hybridized carbons (Fsp3) is 0.222. The van der Waals surface area contributed by atoms with Crippen molar-refractivity contribution in [3.8, 4) is 5.75 Å². The van der Waals surface area contributed by atoms with E-state index in [1.807, 2.05) is 25.1 Å². The Morgan fingerprint density at radius 1 is 1.23 bits per heavy atom. The summed E-state index contributed by atoms with van der Waals surface area (Å²) in [6, 6.07) is 7.46. The molecule has 2 rings (SSSR count). The first-order valence-corrected chi connectivity index (χ1v) is 7.17. The van der Waals surface area contributed by atoms with E-state index in [0.29, 0.717) is 29.9 Å². The van der Waals surface area contributed by atoms with Gasteiger partial charge in [-0.05, 0) is 42.7 Å². The highest BCUT2D eigenvalue weighted by Gasteiger charge is 2.17. The van der Waals surface area contributed by atoms with E-state index in [-0.39, 0.29) is 5.97 Å². The zero-order chi connectivity index (χ0) is 15.9. The van der Waals surface area contributed by atoms with E-state index in [4.69, 9.17) is 9.47 Å². The third kappa shape index (κ3) is 4.19. The van der Waals surface area contributed by atoms with Gasteiger partial charge >= 0.3 is 11.9 Å². The second-order valence-electron chi connectivity index (χ2n) is 4.84. The number of carbonyl (C=O) groups excluding carboxylic acids is 2. The zero-order valence-electron chi connectivity index (χ0n) is 12.5. The topological polar surface area (TPSA) is 52.6 Å². The van der Waals surface area contributed by atoms with Gasteiger partial charge in [0.05, 0.1) is 0 Å². The monoisotopic (exact) mass is 298 g/mol. The van der Waals surface area contributed by atoms with Gasteiger partial charge < -0.3 is 9.47 Å². The van der Waals surface area contributed by atoms with Crippen molar-refractivity contribution in [1.29, 1.82) is 0 Å². The molecule has 0 radical (unpaired) electrons. The highest BCUT2D eigenvalue weighted by atomic mass is 16.5. The highest BCUT2D eigenvalue weighted by molar-refractivity contribution is 5.91. The Morgan fingerprint density at radius 2 is 2.05 bits per heavy atom. The molecule has 0 bridgehead atoms. The smallest absolute Gasteiger partial charge is 0.339 e. The van der Waals surface area contributed by atoms with Gasteiger partial charge in [-0.3, -0.25) is 0 Å². The van der Waals surface area contributed by atoms with E-state index < -0.39 is 5.97 Å². The fourth-order valence-corrected chi connectivity index (χ4v) is 2.05. The molecular formula is C18H18O4. The standard InChI is InChI=1S/C18H18O4/c1-3-13-6-5-7-16(12-13)22-18(20)14-8-10-15(11-9-14)21-17(19)4-2/h4-8,10,12H,2-3,9,11H2,1H3. The number of carbonyl (C=O) groups is 2. The van der Waals surface area contributed by atoms with Crippen molar-refractivity contribution in [3.63, 3.8) is 0 Å². The Bertz CT molecular complexity index is 653. The number of benzene rings is 1. The van der Waals surface area contributed by atoms with E-state index in [1.54, 1.807) is 18.2 Å². The minimum Gasteiger partial charge on any atom is -0.428 e. The minimum absolute atomic E-state index is 0.376. The van der Waals surface area contributed by atoms with Gasteiger partial charge in [0.15, 0.2) is 0 Å². The first-order valence-electron chi connectivity index (χ1n) is 7.17. The maximum absolute atomic E-state index is 12.1. The number of hydrogen-bond donors (Lipinski definition) is 0. The summed E-state index contributed by atoms with van der Waals surface area (Å²) in [4.78, 5) is 23.2. The summed E-state index contributed by atoms with van der Waals surface area (Å²) in [6.07, 6.45) is 6.19. The zero-order valence-corrected chi connectivity index (χ0v) is 12.5. The van der Waals surface area contributed by atoms with Crippen molar-refractivity contribution in [3.05, 3.63) is 66.0 Å². The number of rotatable bonds is 5. The molecule has 0 aromatic heterocycles. The Kier molecular flexibility index (Phi) is 5.31. The van der Waals surface area contributed by atoms with Crippen LogP contribution >= 0.6 is 0 Å². The van der Waals surface area contributed by atoms with Gasteiger partial charge in [0.1, 0.15) is 11.5 Å². The molecular weight excluding hydrogens is 280 g/mol. The van der Waals surface area contributed by atoms with Gasteiger partial charge in [0, 0.05) is 18.1 Å². The molecule has 4 nitrogen and oxygen atoms in total. The molecule has 1 aliphatic carbocycles. The Balaban J connectivity index is 2.01. The molecule has 0 heterocycles. The largest absolute Gasteiger partial charge is 0.428 e. The molecule has 0 saturated heterocycles. The summed E-state index contributed by atoms with van der Waals surface area (Å²) in [5.41, 5.74) is 1.67. The van der Waals surface area contributed by atoms with Crippen LogP contribution in [0.1, 0.15) is 25.3 Å². The number of hydrogen-bond acceptors (Lipinski definition) is 4. The van der Waals surface area contributed by atoms with Crippen LogP contribution in [-0.2, 0) is 20.7 Å². The second-order valence-corrected chi connectivity index (χ2v) is 4.84. The predicted octanol–water partition coefficient (Wildman–Crippen LogP) is 3.49. The molecule has 114 valence electrons. The van der Waals surface area contributed by atoms with Gasteiger partial charge in [-0.2, -0.15) is 0 Å². The van der Waals surface area contributed by atoms with Gasteiger partial charge in [0.2, 0.25) is 0 Å². The first kappa shape index (κ1) is 15.8. The van der Waals surface area contributed by atoms with Gasteiger partial charge in [-0.1, -0.05) is 25.6 Å². The Morgan fingerprint density at radius 3 is 2.68 bits per heavy atom. The Hall–Kier alpha value is -2.62. The van der Waals surface area contributed by atoms with Crippen LogP contribution in [0.4, 0.5) is 0 Å². The van der Waals surface area contributed by atoms with E-state index in [1.165, 1.54) is 0 Å². The summed E-state index contributed by atoms with van der Waals surface area (Å²) in [5, 5.41) is 0. The van der Waals surface area contributed by atoms with Crippen LogP contribution in [0.2, 0.25) is 0 Å². The Labute approximate surface area is 129 Å².